The largest absolute Gasteiger partial charge is 0.481 e. The Hall–Kier alpha value is -1.35. The van der Waals surface area contributed by atoms with Crippen LogP contribution >= 0.6 is 0 Å². The number of carboxylic acid groups (broad SMARTS) is 1. The summed E-state index contributed by atoms with van der Waals surface area (Å²) in [5.74, 6) is 6.06. The first-order valence-electron chi connectivity index (χ1n) is 10.3. The van der Waals surface area contributed by atoms with Gasteiger partial charge in [-0.2, -0.15) is 0 Å². The molecule has 0 aromatic rings. The molecule has 5 nitrogen and oxygen atoms in total. The smallest absolute Gasteiger partial charge is 0.303 e. The monoisotopic (exact) mass is 378 g/mol. The van der Waals surface area contributed by atoms with E-state index in [9.17, 15) is 20.1 Å². The van der Waals surface area contributed by atoms with Gasteiger partial charge in [0.05, 0.1) is 12.2 Å². The summed E-state index contributed by atoms with van der Waals surface area (Å²) in [5.41, 5.74) is 1.37. The topological polar surface area (TPSA) is 98.0 Å². The number of aliphatic hydroxyl groups excluding tert-OH is 3. The quantitative estimate of drug-likeness (QED) is 0.281. The van der Waals surface area contributed by atoms with Gasteiger partial charge >= 0.3 is 5.97 Å². The summed E-state index contributed by atoms with van der Waals surface area (Å²) in [4.78, 5) is 10.6. The third-order valence-electron chi connectivity index (χ3n) is 5.84. The maximum atomic E-state index is 10.6. The Kier molecular flexibility index (Phi) is 8.82. The maximum absolute atomic E-state index is 10.6. The van der Waals surface area contributed by atoms with Gasteiger partial charge in [-0.3, -0.25) is 4.79 Å². The highest BCUT2D eigenvalue weighted by molar-refractivity contribution is 5.66. The molecule has 152 valence electrons. The first-order valence-corrected chi connectivity index (χ1v) is 10.3. The minimum absolute atomic E-state index is 0.0768. The highest BCUT2D eigenvalue weighted by Crippen LogP contribution is 2.49. The van der Waals surface area contributed by atoms with Crippen molar-refractivity contribution in [2.45, 2.75) is 89.4 Å². The molecule has 2 aliphatic rings. The van der Waals surface area contributed by atoms with Crippen molar-refractivity contribution in [3.05, 3.63) is 11.6 Å². The lowest BCUT2D eigenvalue weighted by molar-refractivity contribution is -0.137. The van der Waals surface area contributed by atoms with Crippen molar-refractivity contribution in [3.63, 3.8) is 0 Å². The van der Waals surface area contributed by atoms with E-state index < -0.39 is 18.2 Å². The van der Waals surface area contributed by atoms with E-state index in [4.69, 9.17) is 5.11 Å². The molecule has 0 heterocycles. The third-order valence-corrected chi connectivity index (χ3v) is 5.84. The summed E-state index contributed by atoms with van der Waals surface area (Å²) in [6, 6.07) is 0. The van der Waals surface area contributed by atoms with E-state index in [1.54, 1.807) is 6.92 Å². The van der Waals surface area contributed by atoms with Crippen LogP contribution in [0.25, 0.3) is 0 Å². The molecule has 27 heavy (non-hydrogen) atoms. The van der Waals surface area contributed by atoms with Crippen molar-refractivity contribution >= 4 is 5.97 Å². The molecule has 0 aromatic carbocycles. The SMILES string of the molecule is CC(O)CCCCC(O)C#C[C@@H]1[C@@H]2CC(=CCCCC(=O)O)C[C@@H]2C[C@H]1O. The average molecular weight is 379 g/mol. The van der Waals surface area contributed by atoms with E-state index >= 15 is 0 Å². The minimum Gasteiger partial charge on any atom is -0.481 e. The molecule has 6 atom stereocenters. The number of carbonyl (C=O) groups is 1. The van der Waals surface area contributed by atoms with Gasteiger partial charge in [-0.25, -0.2) is 0 Å². The first-order chi connectivity index (χ1) is 12.9. The molecule has 2 aliphatic carbocycles. The van der Waals surface area contributed by atoms with Crippen LogP contribution < -0.4 is 0 Å². The van der Waals surface area contributed by atoms with Gasteiger partial charge < -0.3 is 20.4 Å². The number of carboxylic acids is 1. The van der Waals surface area contributed by atoms with Crippen LogP contribution in [-0.2, 0) is 4.79 Å². The second-order valence-corrected chi connectivity index (χ2v) is 8.25. The van der Waals surface area contributed by atoms with Crippen molar-refractivity contribution in [1.82, 2.24) is 0 Å². The van der Waals surface area contributed by atoms with Gasteiger partial charge in [-0.05, 0) is 70.1 Å². The van der Waals surface area contributed by atoms with Crippen molar-refractivity contribution in [1.29, 1.82) is 0 Å². The summed E-state index contributed by atoms with van der Waals surface area (Å²) in [6.45, 7) is 1.77. The summed E-state index contributed by atoms with van der Waals surface area (Å²) in [5, 5.41) is 38.4. The number of unbranched alkanes of at least 4 members (excludes halogenated alkanes) is 2. The van der Waals surface area contributed by atoms with Crippen LogP contribution in [0, 0.1) is 29.6 Å². The van der Waals surface area contributed by atoms with Crippen LogP contribution in [0.4, 0.5) is 0 Å². The number of allylic oxidation sites excluding steroid dienone is 2. The lowest BCUT2D eigenvalue weighted by atomic mass is 9.91. The number of fused-ring (bicyclic) bond motifs is 1. The van der Waals surface area contributed by atoms with Crippen molar-refractivity contribution in [3.8, 4) is 11.8 Å². The fourth-order valence-corrected chi connectivity index (χ4v) is 4.43. The predicted octanol–water partition coefficient (Wildman–Crippen LogP) is 2.88. The molecule has 0 bridgehead atoms. The average Bonchev–Trinajstić information content (AvgIpc) is 3.10. The molecular weight excluding hydrogens is 344 g/mol. The molecule has 2 fully saturated rings. The molecule has 0 aromatic heterocycles. The number of hydrogen-bond acceptors (Lipinski definition) is 4. The normalized spacial score (nSPS) is 30.6. The molecule has 0 radical (unpaired) electrons. The zero-order valence-electron chi connectivity index (χ0n) is 16.3. The van der Waals surface area contributed by atoms with Crippen molar-refractivity contribution in [2.75, 3.05) is 0 Å². The van der Waals surface area contributed by atoms with Gasteiger partial charge in [-0.15, -0.1) is 0 Å². The Labute approximate surface area is 162 Å². The van der Waals surface area contributed by atoms with E-state index in [0.717, 1.165) is 44.9 Å². The summed E-state index contributed by atoms with van der Waals surface area (Å²) >= 11 is 0. The number of aliphatic carboxylic acids is 1. The Morgan fingerprint density at radius 3 is 2.67 bits per heavy atom. The molecule has 0 amide bonds. The van der Waals surface area contributed by atoms with Crippen LogP contribution in [0.2, 0.25) is 0 Å². The highest BCUT2D eigenvalue weighted by atomic mass is 16.4. The van der Waals surface area contributed by atoms with Crippen molar-refractivity contribution < 1.29 is 25.2 Å². The minimum atomic E-state index is -0.750. The molecule has 2 saturated carbocycles. The van der Waals surface area contributed by atoms with E-state index in [1.165, 1.54) is 5.57 Å². The fourth-order valence-electron chi connectivity index (χ4n) is 4.43. The molecular formula is C22H34O5. The Bertz CT molecular complexity index is 571. The van der Waals surface area contributed by atoms with E-state index in [-0.39, 0.29) is 18.4 Å². The van der Waals surface area contributed by atoms with Gasteiger partial charge in [0.15, 0.2) is 0 Å². The summed E-state index contributed by atoms with van der Waals surface area (Å²) in [7, 11) is 0. The van der Waals surface area contributed by atoms with Crippen LogP contribution in [0.1, 0.15) is 71.1 Å². The summed E-state index contributed by atoms with van der Waals surface area (Å²) < 4.78 is 0. The van der Waals surface area contributed by atoms with E-state index in [1.807, 2.05) is 0 Å². The maximum Gasteiger partial charge on any atom is 0.303 e. The number of rotatable bonds is 9. The highest BCUT2D eigenvalue weighted by Gasteiger charge is 2.45. The van der Waals surface area contributed by atoms with Crippen LogP contribution in [-0.4, -0.2) is 44.7 Å². The van der Waals surface area contributed by atoms with Gasteiger partial charge in [0.25, 0.3) is 0 Å². The molecule has 0 spiro atoms. The molecule has 2 unspecified atom stereocenters. The lowest BCUT2D eigenvalue weighted by Crippen LogP contribution is -2.18. The first kappa shape index (κ1) is 21.9. The van der Waals surface area contributed by atoms with Gasteiger partial charge in [-0.1, -0.05) is 29.9 Å². The molecule has 0 saturated heterocycles. The van der Waals surface area contributed by atoms with Crippen LogP contribution in [0.15, 0.2) is 11.6 Å². The van der Waals surface area contributed by atoms with Gasteiger partial charge in [0.1, 0.15) is 6.10 Å². The Morgan fingerprint density at radius 2 is 1.96 bits per heavy atom. The fraction of sp³-hybridized carbons (Fsp3) is 0.773. The predicted molar refractivity (Wildman–Crippen MR) is 104 cm³/mol. The lowest BCUT2D eigenvalue weighted by Gasteiger charge is -2.15. The van der Waals surface area contributed by atoms with E-state index in [2.05, 4.69) is 17.9 Å². The second-order valence-electron chi connectivity index (χ2n) is 8.25. The Balaban J connectivity index is 1.80. The number of hydrogen-bond donors (Lipinski definition) is 4. The van der Waals surface area contributed by atoms with E-state index in [0.29, 0.717) is 24.7 Å². The van der Waals surface area contributed by atoms with Crippen LogP contribution in [0.3, 0.4) is 0 Å². The standard InChI is InChI=1S/C22H34O5/c1-15(23)6-2-4-8-18(24)10-11-19-20-13-16(7-3-5-9-22(26)27)12-17(20)14-21(19)25/h7,15,17-21,23-25H,2-6,8-9,12-14H2,1H3,(H,26,27)/t15?,17-,18?,19-,20-,21-/m1/s1. The molecule has 5 heteroatoms. The number of aliphatic hydroxyl groups is 3. The van der Waals surface area contributed by atoms with Crippen LogP contribution in [0.5, 0.6) is 0 Å². The second kappa shape index (κ2) is 10.8. The Morgan fingerprint density at radius 1 is 1.22 bits per heavy atom. The molecule has 4 N–H and O–H groups in total. The van der Waals surface area contributed by atoms with Crippen molar-refractivity contribution in [2.24, 2.45) is 17.8 Å². The van der Waals surface area contributed by atoms with Gasteiger partial charge in [0, 0.05) is 12.3 Å². The third kappa shape index (κ3) is 7.29. The molecule has 0 aliphatic heterocycles. The zero-order chi connectivity index (χ0) is 19.8. The zero-order valence-corrected chi connectivity index (χ0v) is 16.3. The summed E-state index contributed by atoms with van der Waals surface area (Å²) in [6.07, 6.45) is 8.20. The molecule has 2 rings (SSSR count). The van der Waals surface area contributed by atoms with Gasteiger partial charge in [0.2, 0.25) is 0 Å².